The Morgan fingerprint density at radius 3 is 2.53 bits per heavy atom. The minimum Gasteiger partial charge on any atom is -0.330 e. The van der Waals surface area contributed by atoms with Gasteiger partial charge in [-0.1, -0.05) is 13.8 Å². The number of nitrogens with two attached hydrogens (primary N) is 1. The smallest absolute Gasteiger partial charge is 0.0109 e. The van der Waals surface area contributed by atoms with Crippen molar-refractivity contribution in [3.8, 4) is 0 Å². The summed E-state index contributed by atoms with van der Waals surface area (Å²) in [6.07, 6.45) is 2.47. The van der Waals surface area contributed by atoms with Gasteiger partial charge in [-0.3, -0.25) is 0 Å². The monoisotopic (exact) mass is 213 g/mol. The summed E-state index contributed by atoms with van der Waals surface area (Å²) in [4.78, 5) is 5.01. The Morgan fingerprint density at radius 1 is 1.20 bits per heavy atom. The minimum atomic E-state index is 0.308. The first-order chi connectivity index (χ1) is 7.09. The van der Waals surface area contributed by atoms with Gasteiger partial charge in [-0.15, -0.1) is 0 Å². The third kappa shape index (κ3) is 4.09. The molecule has 0 aromatic carbocycles. The molecule has 0 aromatic heterocycles. The standard InChI is InChI=1S/C12H27N3/c1-4-12(2,10-13)11-15-7-5-6-14(3)8-9-15/h4-11,13H2,1-3H3. The van der Waals surface area contributed by atoms with Crippen molar-refractivity contribution >= 4 is 0 Å². The van der Waals surface area contributed by atoms with Crippen LogP contribution in [-0.2, 0) is 0 Å². The van der Waals surface area contributed by atoms with E-state index in [9.17, 15) is 0 Å². The van der Waals surface area contributed by atoms with Gasteiger partial charge in [0.2, 0.25) is 0 Å². The first-order valence-electron chi connectivity index (χ1n) is 6.20. The van der Waals surface area contributed by atoms with Gasteiger partial charge in [0.25, 0.3) is 0 Å². The highest BCUT2D eigenvalue weighted by Crippen LogP contribution is 2.21. The second kappa shape index (κ2) is 5.83. The molecule has 0 aromatic rings. The van der Waals surface area contributed by atoms with Crippen LogP contribution in [0.5, 0.6) is 0 Å². The molecule has 0 radical (unpaired) electrons. The molecule has 1 atom stereocenters. The number of hydrogen-bond donors (Lipinski definition) is 1. The molecular weight excluding hydrogens is 186 g/mol. The lowest BCUT2D eigenvalue weighted by atomic mass is 9.87. The fourth-order valence-corrected chi connectivity index (χ4v) is 2.12. The number of likely N-dealkylation sites (N-methyl/N-ethyl adjacent to an activating group) is 1. The second-order valence-electron chi connectivity index (χ2n) is 5.30. The zero-order valence-corrected chi connectivity index (χ0v) is 10.6. The van der Waals surface area contributed by atoms with Crippen molar-refractivity contribution in [2.24, 2.45) is 11.1 Å². The van der Waals surface area contributed by atoms with Crippen LogP contribution in [0.2, 0.25) is 0 Å². The summed E-state index contributed by atoms with van der Waals surface area (Å²) in [6, 6.07) is 0. The number of hydrogen-bond acceptors (Lipinski definition) is 3. The van der Waals surface area contributed by atoms with Crippen molar-refractivity contribution in [1.82, 2.24) is 9.80 Å². The molecule has 1 aliphatic rings. The van der Waals surface area contributed by atoms with Gasteiger partial charge < -0.3 is 15.5 Å². The normalized spacial score (nSPS) is 24.8. The van der Waals surface area contributed by atoms with Crippen LogP contribution < -0.4 is 5.73 Å². The van der Waals surface area contributed by atoms with Gasteiger partial charge in [-0.2, -0.15) is 0 Å². The van der Waals surface area contributed by atoms with E-state index >= 15 is 0 Å². The lowest BCUT2D eigenvalue weighted by molar-refractivity contribution is 0.168. The quantitative estimate of drug-likeness (QED) is 0.756. The maximum atomic E-state index is 5.86. The Morgan fingerprint density at radius 2 is 1.93 bits per heavy atom. The molecule has 1 unspecified atom stereocenters. The van der Waals surface area contributed by atoms with Gasteiger partial charge in [0.1, 0.15) is 0 Å². The topological polar surface area (TPSA) is 32.5 Å². The molecule has 0 spiro atoms. The molecule has 1 heterocycles. The molecule has 0 amide bonds. The molecule has 2 N–H and O–H groups in total. The molecule has 1 fully saturated rings. The summed E-state index contributed by atoms with van der Waals surface area (Å²) in [5.74, 6) is 0. The fraction of sp³-hybridized carbons (Fsp3) is 1.00. The highest BCUT2D eigenvalue weighted by molar-refractivity contribution is 4.79. The maximum Gasteiger partial charge on any atom is 0.0109 e. The Kier molecular flexibility index (Phi) is 5.03. The molecule has 3 nitrogen and oxygen atoms in total. The summed E-state index contributed by atoms with van der Waals surface area (Å²) in [6.45, 7) is 11.4. The Labute approximate surface area is 94.6 Å². The zero-order chi connectivity index (χ0) is 11.3. The molecule has 0 aliphatic carbocycles. The predicted molar refractivity (Wildman–Crippen MR) is 66.0 cm³/mol. The van der Waals surface area contributed by atoms with E-state index in [0.29, 0.717) is 5.41 Å². The molecule has 1 rings (SSSR count). The zero-order valence-electron chi connectivity index (χ0n) is 10.6. The van der Waals surface area contributed by atoms with Crippen molar-refractivity contribution < 1.29 is 0 Å². The van der Waals surface area contributed by atoms with E-state index in [-0.39, 0.29) is 0 Å². The Hall–Kier alpha value is -0.120. The van der Waals surface area contributed by atoms with Gasteiger partial charge in [-0.05, 0) is 44.9 Å². The van der Waals surface area contributed by atoms with Crippen LogP contribution in [0, 0.1) is 5.41 Å². The van der Waals surface area contributed by atoms with Crippen molar-refractivity contribution in [1.29, 1.82) is 0 Å². The van der Waals surface area contributed by atoms with E-state index in [2.05, 4.69) is 30.7 Å². The number of nitrogens with zero attached hydrogens (tertiary/aromatic N) is 2. The van der Waals surface area contributed by atoms with Crippen molar-refractivity contribution in [3.05, 3.63) is 0 Å². The molecular formula is C12H27N3. The van der Waals surface area contributed by atoms with Crippen molar-refractivity contribution in [3.63, 3.8) is 0 Å². The SMILES string of the molecule is CCC(C)(CN)CN1CCCN(C)CC1. The molecule has 1 saturated heterocycles. The predicted octanol–water partition coefficient (Wildman–Crippen LogP) is 0.999. The van der Waals surface area contributed by atoms with Gasteiger partial charge in [0.15, 0.2) is 0 Å². The lowest BCUT2D eigenvalue weighted by Crippen LogP contribution is -2.41. The summed E-state index contributed by atoms with van der Waals surface area (Å²) in [5.41, 5.74) is 6.17. The fourth-order valence-electron chi connectivity index (χ4n) is 2.12. The van der Waals surface area contributed by atoms with Crippen LogP contribution in [0.1, 0.15) is 26.7 Å². The van der Waals surface area contributed by atoms with E-state index in [1.54, 1.807) is 0 Å². The molecule has 3 heteroatoms. The molecule has 15 heavy (non-hydrogen) atoms. The summed E-state index contributed by atoms with van der Waals surface area (Å²) in [7, 11) is 2.21. The van der Waals surface area contributed by atoms with Crippen LogP contribution in [0.3, 0.4) is 0 Å². The second-order valence-corrected chi connectivity index (χ2v) is 5.30. The lowest BCUT2D eigenvalue weighted by Gasteiger charge is -2.33. The van der Waals surface area contributed by atoms with Crippen molar-refractivity contribution in [2.75, 3.05) is 46.3 Å². The van der Waals surface area contributed by atoms with E-state index < -0.39 is 0 Å². The highest BCUT2D eigenvalue weighted by Gasteiger charge is 2.24. The number of rotatable bonds is 4. The first-order valence-corrected chi connectivity index (χ1v) is 6.20. The largest absolute Gasteiger partial charge is 0.330 e. The van der Waals surface area contributed by atoms with Crippen LogP contribution in [0.15, 0.2) is 0 Å². The van der Waals surface area contributed by atoms with Crippen molar-refractivity contribution in [2.45, 2.75) is 26.7 Å². The molecule has 90 valence electrons. The summed E-state index contributed by atoms with van der Waals surface area (Å²) in [5, 5.41) is 0. The van der Waals surface area contributed by atoms with Crippen LogP contribution in [-0.4, -0.2) is 56.1 Å². The van der Waals surface area contributed by atoms with Crippen LogP contribution in [0.4, 0.5) is 0 Å². The Bertz CT molecular complexity index is 178. The molecule has 0 saturated carbocycles. The van der Waals surface area contributed by atoms with Gasteiger partial charge in [-0.25, -0.2) is 0 Å². The van der Waals surface area contributed by atoms with Gasteiger partial charge in [0.05, 0.1) is 0 Å². The maximum absolute atomic E-state index is 5.86. The minimum absolute atomic E-state index is 0.308. The first kappa shape index (κ1) is 12.9. The Balaban J connectivity index is 2.43. The van der Waals surface area contributed by atoms with E-state index in [0.717, 1.165) is 13.1 Å². The van der Waals surface area contributed by atoms with E-state index in [1.165, 1.54) is 39.0 Å². The molecule has 1 aliphatic heterocycles. The highest BCUT2D eigenvalue weighted by atomic mass is 15.2. The van der Waals surface area contributed by atoms with E-state index in [4.69, 9.17) is 5.73 Å². The van der Waals surface area contributed by atoms with Crippen LogP contribution in [0.25, 0.3) is 0 Å². The summed E-state index contributed by atoms with van der Waals surface area (Å²) < 4.78 is 0. The summed E-state index contributed by atoms with van der Waals surface area (Å²) >= 11 is 0. The third-order valence-corrected chi connectivity index (χ3v) is 3.76. The molecule has 0 bridgehead atoms. The van der Waals surface area contributed by atoms with E-state index in [1.807, 2.05) is 0 Å². The third-order valence-electron chi connectivity index (χ3n) is 3.76. The average Bonchev–Trinajstić information content (AvgIpc) is 2.44. The van der Waals surface area contributed by atoms with Gasteiger partial charge in [0, 0.05) is 19.6 Å². The average molecular weight is 213 g/mol. The van der Waals surface area contributed by atoms with Crippen LogP contribution >= 0.6 is 0 Å². The van der Waals surface area contributed by atoms with Gasteiger partial charge >= 0.3 is 0 Å².